The highest BCUT2D eigenvalue weighted by molar-refractivity contribution is 6.32. The van der Waals surface area contributed by atoms with Gasteiger partial charge in [-0.2, -0.15) is 0 Å². The zero-order valence-electron chi connectivity index (χ0n) is 19.5. The molecule has 1 fully saturated rings. The molecule has 0 aliphatic carbocycles. The van der Waals surface area contributed by atoms with Crippen LogP contribution in [0.1, 0.15) is 19.8 Å². The first-order valence-corrected chi connectivity index (χ1v) is 11.8. The fourth-order valence-corrected chi connectivity index (χ4v) is 4.07. The van der Waals surface area contributed by atoms with E-state index in [9.17, 15) is 4.79 Å². The smallest absolute Gasteiger partial charge is 0.224 e. The monoisotopic (exact) mass is 479 g/mol. The summed E-state index contributed by atoms with van der Waals surface area (Å²) in [6.07, 6.45) is 2.73. The molecule has 1 aliphatic rings. The van der Waals surface area contributed by atoms with Gasteiger partial charge in [0.1, 0.15) is 12.0 Å². The summed E-state index contributed by atoms with van der Waals surface area (Å²) in [5.74, 6) is 0.501. The Morgan fingerprint density at radius 3 is 2.47 bits per heavy atom. The highest BCUT2D eigenvalue weighted by Gasteiger charge is 2.19. The Morgan fingerprint density at radius 2 is 1.76 bits per heavy atom. The van der Waals surface area contributed by atoms with Crippen molar-refractivity contribution in [1.29, 1.82) is 0 Å². The Kier molecular flexibility index (Phi) is 7.49. The standard InChI is InChI=1S/C25H30ClN7O/c1-3-4-22(34)30-19-8-5-17(6-9-19)18-7-10-21(33-13-11-32(2)12-14-33)20(15-18)31-25-23(27)24(26)28-16-29-25/h5-10,15-16H,3-4,11-14,27H2,1-2H3,(H,30,34)(H,28,29,31). The van der Waals surface area contributed by atoms with E-state index in [4.69, 9.17) is 17.3 Å². The van der Waals surface area contributed by atoms with Crippen molar-refractivity contribution in [3.63, 3.8) is 0 Å². The molecule has 0 atom stereocenters. The quantitative estimate of drug-likeness (QED) is 0.425. The van der Waals surface area contributed by atoms with Gasteiger partial charge in [0, 0.05) is 38.3 Å². The van der Waals surface area contributed by atoms with E-state index in [2.05, 4.69) is 55.6 Å². The van der Waals surface area contributed by atoms with Crippen LogP contribution in [-0.4, -0.2) is 54.0 Å². The van der Waals surface area contributed by atoms with Gasteiger partial charge in [-0.3, -0.25) is 4.79 Å². The number of hydrogen-bond donors (Lipinski definition) is 3. The molecule has 3 aromatic rings. The molecule has 0 radical (unpaired) electrons. The van der Waals surface area contributed by atoms with Crippen LogP contribution in [0.15, 0.2) is 48.8 Å². The molecule has 0 saturated carbocycles. The fraction of sp³-hybridized carbons (Fsp3) is 0.320. The lowest BCUT2D eigenvalue weighted by Crippen LogP contribution is -2.44. The van der Waals surface area contributed by atoms with Crippen LogP contribution in [0.4, 0.5) is 28.6 Å². The van der Waals surface area contributed by atoms with E-state index < -0.39 is 0 Å². The molecule has 4 rings (SSSR count). The number of hydrogen-bond acceptors (Lipinski definition) is 7. The largest absolute Gasteiger partial charge is 0.393 e. The number of benzene rings is 2. The first-order valence-electron chi connectivity index (χ1n) is 11.5. The van der Waals surface area contributed by atoms with Crippen molar-refractivity contribution in [3.05, 3.63) is 53.9 Å². The molecule has 178 valence electrons. The van der Waals surface area contributed by atoms with Crippen LogP contribution in [0.3, 0.4) is 0 Å². The van der Waals surface area contributed by atoms with Crippen LogP contribution >= 0.6 is 11.6 Å². The number of aromatic nitrogens is 2. The number of nitrogens with one attached hydrogen (secondary N) is 2. The van der Waals surface area contributed by atoms with Gasteiger partial charge in [-0.15, -0.1) is 0 Å². The molecule has 2 heterocycles. The maximum absolute atomic E-state index is 11.9. The summed E-state index contributed by atoms with van der Waals surface area (Å²) in [5, 5.41) is 6.53. The lowest BCUT2D eigenvalue weighted by Gasteiger charge is -2.35. The minimum atomic E-state index is 0.0272. The highest BCUT2D eigenvalue weighted by Crippen LogP contribution is 2.36. The predicted octanol–water partition coefficient (Wildman–Crippen LogP) is 4.61. The zero-order valence-corrected chi connectivity index (χ0v) is 20.3. The minimum absolute atomic E-state index is 0.0272. The number of halogens is 1. The summed E-state index contributed by atoms with van der Waals surface area (Å²) < 4.78 is 0. The van der Waals surface area contributed by atoms with E-state index in [1.54, 1.807) is 0 Å². The Labute approximate surface area is 205 Å². The lowest BCUT2D eigenvalue weighted by atomic mass is 10.0. The minimum Gasteiger partial charge on any atom is -0.393 e. The van der Waals surface area contributed by atoms with Crippen molar-refractivity contribution in [3.8, 4) is 11.1 Å². The maximum Gasteiger partial charge on any atom is 0.224 e. The van der Waals surface area contributed by atoms with Gasteiger partial charge in [0.25, 0.3) is 0 Å². The van der Waals surface area contributed by atoms with E-state index in [0.717, 1.165) is 60.8 Å². The van der Waals surface area contributed by atoms with Crippen molar-refractivity contribution in [2.75, 3.05) is 54.5 Å². The molecule has 0 spiro atoms. The summed E-state index contributed by atoms with van der Waals surface area (Å²) in [5.41, 5.74) is 11.3. The lowest BCUT2D eigenvalue weighted by molar-refractivity contribution is -0.116. The third-order valence-electron chi connectivity index (χ3n) is 5.91. The summed E-state index contributed by atoms with van der Waals surface area (Å²) in [6, 6.07) is 14.2. The van der Waals surface area contributed by atoms with Crippen molar-refractivity contribution in [1.82, 2.24) is 14.9 Å². The highest BCUT2D eigenvalue weighted by atomic mass is 35.5. The van der Waals surface area contributed by atoms with Crippen molar-refractivity contribution in [2.45, 2.75) is 19.8 Å². The third kappa shape index (κ3) is 5.58. The normalized spacial score (nSPS) is 14.1. The molecule has 1 amide bonds. The van der Waals surface area contributed by atoms with Gasteiger partial charge in [0.05, 0.1) is 11.4 Å². The van der Waals surface area contributed by atoms with E-state index in [0.29, 0.717) is 17.9 Å². The van der Waals surface area contributed by atoms with Crippen LogP contribution < -0.4 is 21.3 Å². The second kappa shape index (κ2) is 10.7. The zero-order chi connectivity index (χ0) is 24.1. The Morgan fingerprint density at radius 1 is 1.06 bits per heavy atom. The van der Waals surface area contributed by atoms with Crippen molar-refractivity contribution >= 4 is 46.1 Å². The van der Waals surface area contributed by atoms with Gasteiger partial charge < -0.3 is 26.2 Å². The number of carbonyl (C=O) groups is 1. The molecule has 0 bridgehead atoms. The van der Waals surface area contributed by atoms with E-state index in [1.165, 1.54) is 6.33 Å². The number of likely N-dealkylation sites (N-methyl/N-ethyl adjacent to an activating group) is 1. The third-order valence-corrected chi connectivity index (χ3v) is 6.21. The number of carbonyl (C=O) groups excluding carboxylic acids is 1. The summed E-state index contributed by atoms with van der Waals surface area (Å²) in [6.45, 7) is 5.83. The van der Waals surface area contributed by atoms with Crippen molar-refractivity contribution in [2.24, 2.45) is 0 Å². The average Bonchev–Trinajstić information content (AvgIpc) is 2.83. The maximum atomic E-state index is 11.9. The van der Waals surface area contributed by atoms with E-state index >= 15 is 0 Å². The molecule has 0 unspecified atom stereocenters. The Hall–Kier alpha value is -3.36. The van der Waals surface area contributed by atoms with Crippen molar-refractivity contribution < 1.29 is 4.79 Å². The van der Waals surface area contributed by atoms with Crippen LogP contribution in [0.25, 0.3) is 11.1 Å². The SMILES string of the molecule is CCCC(=O)Nc1ccc(-c2ccc(N3CCN(C)CC3)c(Nc3ncnc(Cl)c3N)c2)cc1. The number of amides is 1. The van der Waals surface area contributed by atoms with Gasteiger partial charge in [-0.05, 0) is 48.9 Å². The average molecular weight is 480 g/mol. The molecule has 4 N–H and O–H groups in total. The molecule has 1 aromatic heterocycles. The molecular weight excluding hydrogens is 450 g/mol. The summed E-state index contributed by atoms with van der Waals surface area (Å²) in [4.78, 5) is 24.8. The number of nitrogen functional groups attached to an aromatic ring is 1. The molecule has 34 heavy (non-hydrogen) atoms. The first kappa shape index (κ1) is 23.8. The number of piperazine rings is 1. The first-order chi connectivity index (χ1) is 16.4. The van der Waals surface area contributed by atoms with Gasteiger partial charge in [0.2, 0.25) is 5.91 Å². The fourth-order valence-electron chi connectivity index (χ4n) is 3.94. The predicted molar refractivity (Wildman–Crippen MR) is 140 cm³/mol. The molecular formula is C25H30ClN7O. The number of nitrogens with two attached hydrogens (primary N) is 1. The van der Waals surface area contributed by atoms with Crippen LogP contribution in [-0.2, 0) is 4.79 Å². The van der Waals surface area contributed by atoms with Crippen LogP contribution in [0, 0.1) is 0 Å². The second-order valence-electron chi connectivity index (χ2n) is 8.45. The Balaban J connectivity index is 1.64. The molecule has 8 nitrogen and oxygen atoms in total. The van der Waals surface area contributed by atoms with Gasteiger partial charge in [-0.1, -0.05) is 36.7 Å². The second-order valence-corrected chi connectivity index (χ2v) is 8.81. The summed E-state index contributed by atoms with van der Waals surface area (Å²) in [7, 11) is 2.14. The van der Waals surface area contributed by atoms with Gasteiger partial charge in [-0.25, -0.2) is 9.97 Å². The van der Waals surface area contributed by atoms with E-state index in [1.807, 2.05) is 31.2 Å². The topological polar surface area (TPSA) is 99.4 Å². The number of anilines is 5. The van der Waals surface area contributed by atoms with E-state index in [-0.39, 0.29) is 11.1 Å². The number of rotatable bonds is 7. The molecule has 1 aliphatic heterocycles. The molecule has 1 saturated heterocycles. The molecule has 2 aromatic carbocycles. The summed E-state index contributed by atoms with van der Waals surface area (Å²) >= 11 is 6.12. The van der Waals surface area contributed by atoms with Crippen LogP contribution in [0.5, 0.6) is 0 Å². The number of nitrogens with zero attached hydrogens (tertiary/aromatic N) is 4. The molecule has 9 heteroatoms. The Bertz CT molecular complexity index is 1140. The van der Waals surface area contributed by atoms with Crippen LogP contribution in [0.2, 0.25) is 5.15 Å². The van der Waals surface area contributed by atoms with Gasteiger partial charge in [0.15, 0.2) is 11.0 Å². The van der Waals surface area contributed by atoms with Gasteiger partial charge >= 0.3 is 0 Å².